The van der Waals surface area contributed by atoms with E-state index in [0.29, 0.717) is 5.56 Å². The van der Waals surface area contributed by atoms with Gasteiger partial charge in [0, 0.05) is 16.8 Å². The van der Waals surface area contributed by atoms with Gasteiger partial charge in [0.25, 0.3) is 5.91 Å². The molecule has 0 aromatic heterocycles. The number of hydrogen-bond donors (Lipinski definition) is 3. The fourth-order valence-electron chi connectivity index (χ4n) is 3.48. The topological polar surface area (TPSA) is 70.2 Å². The summed E-state index contributed by atoms with van der Waals surface area (Å²) in [6, 6.07) is 15.6. The number of hydrogen-bond acceptors (Lipinski definition) is 3. The van der Waals surface area contributed by atoms with Crippen molar-refractivity contribution in [3.05, 3.63) is 65.2 Å². The van der Waals surface area contributed by atoms with Gasteiger partial charge >= 0.3 is 0 Å². The number of rotatable bonds is 5. The van der Waals surface area contributed by atoms with Crippen LogP contribution >= 0.6 is 0 Å². The van der Waals surface area contributed by atoms with E-state index in [0.717, 1.165) is 24.9 Å². The van der Waals surface area contributed by atoms with E-state index in [-0.39, 0.29) is 29.9 Å². The van der Waals surface area contributed by atoms with Gasteiger partial charge in [0.15, 0.2) is 0 Å². The third-order valence-corrected chi connectivity index (χ3v) is 4.79. The number of benzene rings is 2. The number of amides is 2. The number of aryl methyl sites for hydroxylation is 1. The molecular formula is C23H29N3O2. The van der Waals surface area contributed by atoms with Crippen LogP contribution in [0, 0.1) is 0 Å². The van der Waals surface area contributed by atoms with Gasteiger partial charge in [-0.05, 0) is 75.4 Å². The highest BCUT2D eigenvalue weighted by molar-refractivity contribution is 5.95. The van der Waals surface area contributed by atoms with Crippen LogP contribution in [-0.4, -0.2) is 23.9 Å². The first-order valence-electron chi connectivity index (χ1n) is 9.85. The molecule has 0 bridgehead atoms. The third kappa shape index (κ3) is 5.35. The van der Waals surface area contributed by atoms with E-state index in [1.54, 1.807) is 12.1 Å². The molecule has 0 radical (unpaired) electrons. The zero-order valence-corrected chi connectivity index (χ0v) is 16.8. The molecule has 2 aromatic carbocycles. The fourth-order valence-corrected chi connectivity index (χ4v) is 3.48. The van der Waals surface area contributed by atoms with Gasteiger partial charge < -0.3 is 16.0 Å². The van der Waals surface area contributed by atoms with E-state index in [1.165, 1.54) is 11.1 Å². The van der Waals surface area contributed by atoms with Crippen molar-refractivity contribution in [1.29, 1.82) is 0 Å². The summed E-state index contributed by atoms with van der Waals surface area (Å²) >= 11 is 0. The molecular weight excluding hydrogens is 350 g/mol. The van der Waals surface area contributed by atoms with E-state index in [1.807, 2.05) is 39.0 Å². The van der Waals surface area contributed by atoms with E-state index in [2.05, 4.69) is 34.1 Å². The normalized spacial score (nSPS) is 16.0. The zero-order valence-electron chi connectivity index (χ0n) is 16.8. The summed E-state index contributed by atoms with van der Waals surface area (Å²) < 4.78 is 0. The van der Waals surface area contributed by atoms with Crippen molar-refractivity contribution < 1.29 is 9.59 Å². The lowest BCUT2D eigenvalue weighted by Gasteiger charge is -2.26. The van der Waals surface area contributed by atoms with Crippen molar-refractivity contribution in [2.24, 2.45) is 0 Å². The summed E-state index contributed by atoms with van der Waals surface area (Å²) in [6.45, 7) is 6.05. The van der Waals surface area contributed by atoms with E-state index in [9.17, 15) is 9.59 Å². The summed E-state index contributed by atoms with van der Waals surface area (Å²) in [5, 5.41) is 9.20. The molecule has 1 atom stereocenters. The molecule has 0 saturated heterocycles. The maximum atomic E-state index is 12.4. The van der Waals surface area contributed by atoms with Crippen LogP contribution < -0.4 is 16.0 Å². The Labute approximate surface area is 166 Å². The molecule has 0 spiro atoms. The summed E-state index contributed by atoms with van der Waals surface area (Å²) in [6.07, 6.45) is 3.14. The van der Waals surface area contributed by atoms with E-state index in [4.69, 9.17) is 0 Å². The fraction of sp³-hybridized carbons (Fsp3) is 0.391. The third-order valence-electron chi connectivity index (χ3n) is 4.79. The van der Waals surface area contributed by atoms with Crippen LogP contribution in [0.3, 0.4) is 0 Å². The first kappa shape index (κ1) is 19.9. The summed E-state index contributed by atoms with van der Waals surface area (Å²) in [5.41, 5.74) is 3.70. The van der Waals surface area contributed by atoms with Crippen LogP contribution in [0.15, 0.2) is 48.5 Å². The van der Waals surface area contributed by atoms with Crippen molar-refractivity contribution in [2.45, 2.75) is 51.6 Å². The van der Waals surface area contributed by atoms with Gasteiger partial charge in [0.05, 0.1) is 12.6 Å². The van der Waals surface area contributed by atoms with Crippen molar-refractivity contribution in [1.82, 2.24) is 10.6 Å². The van der Waals surface area contributed by atoms with E-state index < -0.39 is 0 Å². The average Bonchev–Trinajstić information content (AvgIpc) is 2.66. The minimum Gasteiger partial charge on any atom is -0.376 e. The summed E-state index contributed by atoms with van der Waals surface area (Å²) in [5.74, 6) is -0.135. The Bertz CT molecular complexity index is 838. The van der Waals surface area contributed by atoms with Crippen LogP contribution in [0.25, 0.3) is 0 Å². The highest BCUT2D eigenvalue weighted by Crippen LogP contribution is 2.29. The molecule has 1 unspecified atom stereocenters. The maximum Gasteiger partial charge on any atom is 0.251 e. The lowest BCUT2D eigenvalue weighted by atomic mass is 9.88. The molecule has 148 valence electrons. The van der Waals surface area contributed by atoms with Crippen molar-refractivity contribution in [3.8, 4) is 0 Å². The molecule has 2 amide bonds. The minimum atomic E-state index is -0.274. The standard InChI is InChI=1S/C23H29N3O2/c1-23(2,3)26-22(28)17-11-13-18(14-12-17)24-15-21(27)25-20-10-6-8-16-7-4-5-9-19(16)20/h4-5,7,9,11-14,20,24H,6,8,10,15H2,1-3H3,(H,25,27)(H,26,28). The second-order valence-electron chi connectivity index (χ2n) is 8.35. The lowest BCUT2D eigenvalue weighted by Crippen LogP contribution is -2.40. The average molecular weight is 380 g/mol. The molecule has 1 aliphatic carbocycles. The SMILES string of the molecule is CC(C)(C)NC(=O)c1ccc(NCC(=O)NC2CCCc3ccccc32)cc1. The Hall–Kier alpha value is -2.82. The lowest BCUT2D eigenvalue weighted by molar-refractivity contribution is -0.120. The van der Waals surface area contributed by atoms with Gasteiger partial charge in [-0.1, -0.05) is 24.3 Å². The molecule has 3 rings (SSSR count). The minimum absolute atomic E-state index is 0.0312. The molecule has 0 saturated carbocycles. The summed E-state index contributed by atoms with van der Waals surface area (Å²) in [7, 11) is 0. The molecule has 0 aliphatic heterocycles. The first-order valence-corrected chi connectivity index (χ1v) is 9.85. The Morgan fingerprint density at radius 1 is 1.04 bits per heavy atom. The Morgan fingerprint density at radius 2 is 1.75 bits per heavy atom. The molecule has 28 heavy (non-hydrogen) atoms. The van der Waals surface area contributed by atoms with E-state index >= 15 is 0 Å². The van der Waals surface area contributed by atoms with Gasteiger partial charge in [-0.3, -0.25) is 9.59 Å². The highest BCUT2D eigenvalue weighted by atomic mass is 16.2. The molecule has 3 N–H and O–H groups in total. The van der Waals surface area contributed by atoms with Crippen molar-refractivity contribution >= 4 is 17.5 Å². The van der Waals surface area contributed by atoms with Gasteiger partial charge in [-0.15, -0.1) is 0 Å². The van der Waals surface area contributed by atoms with Crippen molar-refractivity contribution in [2.75, 3.05) is 11.9 Å². The predicted molar refractivity (Wildman–Crippen MR) is 112 cm³/mol. The van der Waals surface area contributed by atoms with Crippen molar-refractivity contribution in [3.63, 3.8) is 0 Å². The largest absolute Gasteiger partial charge is 0.376 e. The number of nitrogens with one attached hydrogen (secondary N) is 3. The predicted octanol–water partition coefficient (Wildman–Crippen LogP) is 3.82. The van der Waals surface area contributed by atoms with Gasteiger partial charge in [0.2, 0.25) is 5.91 Å². The number of carbonyl (C=O) groups is 2. The van der Waals surface area contributed by atoms with Crippen LogP contribution in [-0.2, 0) is 11.2 Å². The Balaban J connectivity index is 1.52. The Kier molecular flexibility index (Phi) is 6.02. The smallest absolute Gasteiger partial charge is 0.251 e. The number of anilines is 1. The highest BCUT2D eigenvalue weighted by Gasteiger charge is 2.21. The number of fused-ring (bicyclic) bond motifs is 1. The second-order valence-corrected chi connectivity index (χ2v) is 8.35. The van der Waals surface area contributed by atoms with Crippen LogP contribution in [0.2, 0.25) is 0 Å². The monoisotopic (exact) mass is 379 g/mol. The first-order chi connectivity index (χ1) is 13.3. The quantitative estimate of drug-likeness (QED) is 0.740. The molecule has 0 fully saturated rings. The van der Waals surface area contributed by atoms with Crippen LogP contribution in [0.1, 0.15) is 61.1 Å². The van der Waals surface area contributed by atoms with Gasteiger partial charge in [0.1, 0.15) is 0 Å². The van der Waals surface area contributed by atoms with Gasteiger partial charge in [-0.25, -0.2) is 0 Å². The summed E-state index contributed by atoms with van der Waals surface area (Å²) in [4.78, 5) is 24.6. The second kappa shape index (κ2) is 8.46. The van der Waals surface area contributed by atoms with Gasteiger partial charge in [-0.2, -0.15) is 0 Å². The zero-order chi connectivity index (χ0) is 20.1. The number of carbonyl (C=O) groups excluding carboxylic acids is 2. The van der Waals surface area contributed by atoms with Crippen LogP contribution in [0.5, 0.6) is 0 Å². The molecule has 1 aliphatic rings. The van der Waals surface area contributed by atoms with Crippen LogP contribution in [0.4, 0.5) is 5.69 Å². The Morgan fingerprint density at radius 3 is 2.46 bits per heavy atom. The molecule has 2 aromatic rings. The molecule has 5 nitrogen and oxygen atoms in total. The molecule has 0 heterocycles. The molecule has 5 heteroatoms. The maximum absolute atomic E-state index is 12.4.